The Bertz CT molecular complexity index is 535. The van der Waals surface area contributed by atoms with Crippen LogP contribution in [0.15, 0.2) is 30.3 Å². The van der Waals surface area contributed by atoms with Gasteiger partial charge in [0.15, 0.2) is 0 Å². The number of nitrogens with zero attached hydrogens (tertiary/aromatic N) is 1. The number of amides is 3. The third-order valence-corrected chi connectivity index (χ3v) is 4.24. The molecule has 0 bridgehead atoms. The first-order chi connectivity index (χ1) is 11.6. The molecular formula is C18H28N4O2. The third kappa shape index (κ3) is 5.53. The second-order valence-electron chi connectivity index (χ2n) is 6.29. The Morgan fingerprint density at radius 1 is 1.29 bits per heavy atom. The standard InChI is InChI=1S/C18H28N4O2/c1-3-19-14(2)12-20-17(23)15-8-7-11-22(13-15)18(24)21-16-9-5-4-6-10-16/h4-6,9-10,14-15,19H,3,7-8,11-13H2,1-2H3,(H,20,23)(H,21,24)/t14-,15?/m1/s1. The molecule has 132 valence electrons. The SMILES string of the molecule is CCN[C@H](C)CNC(=O)C1CCCN(C(=O)Nc2ccccc2)C1. The van der Waals surface area contributed by atoms with Crippen molar-refractivity contribution < 1.29 is 9.59 Å². The molecule has 3 amide bonds. The molecule has 0 aliphatic carbocycles. The highest BCUT2D eigenvalue weighted by molar-refractivity contribution is 5.90. The van der Waals surface area contributed by atoms with Crippen molar-refractivity contribution in [1.29, 1.82) is 0 Å². The lowest BCUT2D eigenvalue weighted by atomic mass is 9.97. The number of hydrogen-bond donors (Lipinski definition) is 3. The molecule has 1 saturated heterocycles. The van der Waals surface area contributed by atoms with E-state index < -0.39 is 0 Å². The van der Waals surface area contributed by atoms with Crippen molar-refractivity contribution in [3.8, 4) is 0 Å². The van der Waals surface area contributed by atoms with E-state index in [2.05, 4.69) is 16.0 Å². The van der Waals surface area contributed by atoms with Crippen LogP contribution in [-0.4, -0.2) is 49.1 Å². The topological polar surface area (TPSA) is 73.5 Å². The van der Waals surface area contributed by atoms with Gasteiger partial charge < -0.3 is 20.9 Å². The van der Waals surface area contributed by atoms with E-state index in [-0.39, 0.29) is 23.9 Å². The normalized spacial score (nSPS) is 18.8. The van der Waals surface area contributed by atoms with Gasteiger partial charge in [-0.05, 0) is 38.4 Å². The second-order valence-corrected chi connectivity index (χ2v) is 6.29. The maximum Gasteiger partial charge on any atom is 0.321 e. The molecule has 1 fully saturated rings. The number of hydrogen-bond acceptors (Lipinski definition) is 3. The van der Waals surface area contributed by atoms with Crippen LogP contribution in [0, 0.1) is 5.92 Å². The minimum atomic E-state index is -0.139. The van der Waals surface area contributed by atoms with Gasteiger partial charge in [0.2, 0.25) is 5.91 Å². The predicted molar refractivity (Wildman–Crippen MR) is 95.9 cm³/mol. The van der Waals surface area contributed by atoms with Crippen LogP contribution in [0.1, 0.15) is 26.7 Å². The Labute approximate surface area is 144 Å². The summed E-state index contributed by atoms with van der Waals surface area (Å²) in [4.78, 5) is 26.4. The largest absolute Gasteiger partial charge is 0.354 e. The molecule has 6 heteroatoms. The number of carbonyl (C=O) groups is 2. The molecule has 1 unspecified atom stereocenters. The van der Waals surface area contributed by atoms with E-state index in [0.29, 0.717) is 19.6 Å². The van der Waals surface area contributed by atoms with Crippen LogP contribution in [0.3, 0.4) is 0 Å². The summed E-state index contributed by atoms with van der Waals surface area (Å²) >= 11 is 0. The number of piperidine rings is 1. The number of anilines is 1. The third-order valence-electron chi connectivity index (χ3n) is 4.24. The van der Waals surface area contributed by atoms with Crippen molar-refractivity contribution in [2.24, 2.45) is 5.92 Å². The first kappa shape index (κ1) is 18.3. The molecule has 0 radical (unpaired) electrons. The lowest BCUT2D eigenvalue weighted by molar-refractivity contribution is -0.126. The predicted octanol–water partition coefficient (Wildman–Crippen LogP) is 2.04. The molecule has 1 aromatic carbocycles. The van der Waals surface area contributed by atoms with Gasteiger partial charge in [-0.3, -0.25) is 4.79 Å². The van der Waals surface area contributed by atoms with Gasteiger partial charge in [0.25, 0.3) is 0 Å². The summed E-state index contributed by atoms with van der Waals surface area (Å²) in [6.07, 6.45) is 1.68. The monoisotopic (exact) mass is 332 g/mol. The summed E-state index contributed by atoms with van der Waals surface area (Å²) in [6, 6.07) is 9.49. The maximum atomic E-state index is 12.4. The quantitative estimate of drug-likeness (QED) is 0.746. The number of likely N-dealkylation sites (tertiary alicyclic amines) is 1. The van der Waals surface area contributed by atoms with Crippen LogP contribution in [0.4, 0.5) is 10.5 Å². The first-order valence-corrected chi connectivity index (χ1v) is 8.72. The molecule has 0 aromatic heterocycles. The Morgan fingerprint density at radius 3 is 2.75 bits per heavy atom. The average Bonchev–Trinajstić information content (AvgIpc) is 2.61. The summed E-state index contributed by atoms with van der Waals surface area (Å²) in [7, 11) is 0. The minimum absolute atomic E-state index is 0.0389. The summed E-state index contributed by atoms with van der Waals surface area (Å²) < 4.78 is 0. The van der Waals surface area contributed by atoms with Crippen LogP contribution in [0.5, 0.6) is 0 Å². The molecule has 1 heterocycles. The summed E-state index contributed by atoms with van der Waals surface area (Å²) in [6.45, 7) is 6.75. The highest BCUT2D eigenvalue weighted by Gasteiger charge is 2.28. The van der Waals surface area contributed by atoms with E-state index in [9.17, 15) is 9.59 Å². The fourth-order valence-corrected chi connectivity index (χ4v) is 2.92. The minimum Gasteiger partial charge on any atom is -0.354 e. The molecule has 2 rings (SSSR count). The molecule has 3 N–H and O–H groups in total. The van der Waals surface area contributed by atoms with Gasteiger partial charge in [-0.25, -0.2) is 4.79 Å². The van der Waals surface area contributed by atoms with Gasteiger partial charge in [0.05, 0.1) is 5.92 Å². The van der Waals surface area contributed by atoms with Crippen molar-refractivity contribution in [2.75, 3.05) is 31.5 Å². The van der Waals surface area contributed by atoms with Gasteiger partial charge >= 0.3 is 6.03 Å². The lowest BCUT2D eigenvalue weighted by Gasteiger charge is -2.32. The van der Waals surface area contributed by atoms with Gasteiger partial charge in [0, 0.05) is 31.4 Å². The Kier molecular flexibility index (Phi) is 7.06. The number of carbonyl (C=O) groups excluding carboxylic acids is 2. The zero-order valence-electron chi connectivity index (χ0n) is 14.5. The summed E-state index contributed by atoms with van der Waals surface area (Å²) in [5, 5.41) is 9.14. The van der Waals surface area contributed by atoms with Crippen molar-refractivity contribution in [3.05, 3.63) is 30.3 Å². The number of para-hydroxylation sites is 1. The van der Waals surface area contributed by atoms with Crippen molar-refractivity contribution in [3.63, 3.8) is 0 Å². The fraction of sp³-hybridized carbons (Fsp3) is 0.556. The number of nitrogens with one attached hydrogen (secondary N) is 3. The molecule has 2 atom stereocenters. The summed E-state index contributed by atoms with van der Waals surface area (Å²) in [5.41, 5.74) is 0.772. The molecule has 1 aromatic rings. The molecule has 0 spiro atoms. The van der Waals surface area contributed by atoms with Crippen LogP contribution >= 0.6 is 0 Å². The summed E-state index contributed by atoms with van der Waals surface area (Å²) in [5.74, 6) is -0.0916. The smallest absolute Gasteiger partial charge is 0.321 e. The van der Waals surface area contributed by atoms with Crippen LogP contribution in [-0.2, 0) is 4.79 Å². The Balaban J connectivity index is 1.82. The van der Waals surface area contributed by atoms with E-state index >= 15 is 0 Å². The second kappa shape index (κ2) is 9.27. The first-order valence-electron chi connectivity index (χ1n) is 8.72. The van der Waals surface area contributed by atoms with Crippen molar-refractivity contribution in [2.45, 2.75) is 32.7 Å². The van der Waals surface area contributed by atoms with Gasteiger partial charge in [-0.1, -0.05) is 25.1 Å². The molecule has 24 heavy (non-hydrogen) atoms. The number of benzene rings is 1. The van der Waals surface area contributed by atoms with Gasteiger partial charge in [0.1, 0.15) is 0 Å². The number of likely N-dealkylation sites (N-methyl/N-ethyl adjacent to an activating group) is 1. The number of rotatable bonds is 6. The average molecular weight is 332 g/mol. The molecule has 1 aliphatic rings. The lowest BCUT2D eigenvalue weighted by Crippen LogP contribution is -2.48. The van der Waals surface area contributed by atoms with Crippen LogP contribution < -0.4 is 16.0 Å². The molecule has 1 aliphatic heterocycles. The van der Waals surface area contributed by atoms with Crippen molar-refractivity contribution in [1.82, 2.24) is 15.5 Å². The fourth-order valence-electron chi connectivity index (χ4n) is 2.92. The van der Waals surface area contributed by atoms with Crippen LogP contribution in [0.25, 0.3) is 0 Å². The highest BCUT2D eigenvalue weighted by atomic mass is 16.2. The van der Waals surface area contributed by atoms with Gasteiger partial charge in [-0.2, -0.15) is 0 Å². The molecular weight excluding hydrogens is 304 g/mol. The zero-order chi connectivity index (χ0) is 17.4. The van der Waals surface area contributed by atoms with E-state index in [1.54, 1.807) is 4.90 Å². The maximum absolute atomic E-state index is 12.4. The highest BCUT2D eigenvalue weighted by Crippen LogP contribution is 2.18. The van der Waals surface area contributed by atoms with Crippen molar-refractivity contribution >= 4 is 17.6 Å². The number of urea groups is 1. The van der Waals surface area contributed by atoms with E-state index in [4.69, 9.17) is 0 Å². The van der Waals surface area contributed by atoms with Crippen LogP contribution in [0.2, 0.25) is 0 Å². The van der Waals surface area contributed by atoms with E-state index in [0.717, 1.165) is 25.1 Å². The van der Waals surface area contributed by atoms with E-state index in [1.807, 2.05) is 44.2 Å². The Morgan fingerprint density at radius 2 is 2.04 bits per heavy atom. The zero-order valence-corrected chi connectivity index (χ0v) is 14.5. The molecule has 0 saturated carbocycles. The van der Waals surface area contributed by atoms with E-state index in [1.165, 1.54) is 0 Å². The van der Waals surface area contributed by atoms with Gasteiger partial charge in [-0.15, -0.1) is 0 Å². The Hall–Kier alpha value is -2.08. The molecule has 6 nitrogen and oxygen atoms in total.